The van der Waals surface area contributed by atoms with Gasteiger partial charge in [-0.3, -0.25) is 0 Å². The van der Waals surface area contributed by atoms with Crippen molar-refractivity contribution < 1.29 is 62.2 Å². The van der Waals surface area contributed by atoms with E-state index in [1.54, 1.807) is 0 Å². The fourth-order valence-electron chi connectivity index (χ4n) is 4.36. The first-order valence-electron chi connectivity index (χ1n) is 12.7. The second-order valence-electron chi connectivity index (χ2n) is 9.61. The molecule has 0 bridgehead atoms. The van der Waals surface area contributed by atoms with Gasteiger partial charge in [-0.2, -0.15) is 48.3 Å². The number of hydrogen-bond donors (Lipinski definition) is 0. The minimum absolute atomic E-state index is 0.416. The van der Waals surface area contributed by atoms with Crippen molar-refractivity contribution in [2.45, 2.75) is 43.3 Å². The standard InChI is InChI=1S/C30H16Br2F12O2S/c31-26(34,35)29(41,42)45-21-9-1-17(2-10-21)25(28(38,39)40,18-3-11-22(12-4-18)46-30(43,44)27(32,36)37)19-5-13-23(14-6-19)47-24-15-7-20(33)8-16-24/h1-16H. The van der Waals surface area contributed by atoms with Crippen LogP contribution >= 0.6 is 43.6 Å². The predicted octanol–water partition coefficient (Wildman–Crippen LogP) is 11.8. The lowest BCUT2D eigenvalue weighted by atomic mass is 9.68. The van der Waals surface area contributed by atoms with Crippen molar-refractivity contribution in [3.8, 4) is 11.5 Å². The number of ether oxygens (including phenoxy) is 2. The molecule has 0 heterocycles. The lowest BCUT2D eigenvalue weighted by Gasteiger charge is -2.38. The fourth-order valence-corrected chi connectivity index (χ4v) is 5.34. The summed E-state index contributed by atoms with van der Waals surface area (Å²) in [6.07, 6.45) is -15.5. The Kier molecular flexibility index (Phi) is 10.3. The van der Waals surface area contributed by atoms with E-state index >= 15 is 13.2 Å². The summed E-state index contributed by atoms with van der Waals surface area (Å²) in [5.74, 6) is -2.37. The molecule has 2 nitrogen and oxygen atoms in total. The highest BCUT2D eigenvalue weighted by Crippen LogP contribution is 2.52. The molecular formula is C30H16Br2F12O2S. The van der Waals surface area contributed by atoms with Crippen molar-refractivity contribution in [3.05, 3.63) is 120 Å². The van der Waals surface area contributed by atoms with Crippen molar-refractivity contribution >= 4 is 43.6 Å². The molecule has 0 fully saturated rings. The Balaban J connectivity index is 1.84. The Morgan fingerprint density at radius 1 is 0.447 bits per heavy atom. The Morgan fingerprint density at radius 2 is 0.745 bits per heavy atom. The molecular weight excluding hydrogens is 812 g/mol. The second kappa shape index (κ2) is 13.1. The minimum atomic E-state index is -5.27. The average Bonchev–Trinajstić information content (AvgIpc) is 2.95. The van der Waals surface area contributed by atoms with Crippen LogP contribution in [-0.4, -0.2) is 28.1 Å². The van der Waals surface area contributed by atoms with Crippen LogP contribution in [0.25, 0.3) is 0 Å². The summed E-state index contributed by atoms with van der Waals surface area (Å²) in [6.45, 7) is 0. The first-order valence-corrected chi connectivity index (χ1v) is 15.1. The molecule has 0 atom stereocenters. The molecule has 0 unspecified atom stereocenters. The highest BCUT2D eigenvalue weighted by atomic mass is 79.9. The van der Waals surface area contributed by atoms with Gasteiger partial charge in [-0.25, -0.2) is 4.39 Å². The van der Waals surface area contributed by atoms with Crippen molar-refractivity contribution in [1.29, 1.82) is 0 Å². The van der Waals surface area contributed by atoms with E-state index in [2.05, 4.69) is 9.47 Å². The van der Waals surface area contributed by atoms with Crippen LogP contribution < -0.4 is 9.47 Å². The maximum Gasteiger partial charge on any atom is 0.475 e. The van der Waals surface area contributed by atoms with Gasteiger partial charge >= 0.3 is 28.1 Å². The Hall–Kier alpha value is -3.05. The van der Waals surface area contributed by atoms with E-state index < -0.39 is 67.5 Å². The summed E-state index contributed by atoms with van der Waals surface area (Å²) in [4.78, 5) is -8.70. The van der Waals surface area contributed by atoms with Gasteiger partial charge in [0.05, 0.1) is 0 Å². The van der Waals surface area contributed by atoms with E-state index in [4.69, 9.17) is 0 Å². The summed E-state index contributed by atoms with van der Waals surface area (Å²) >= 11 is 4.04. The molecule has 0 saturated heterocycles. The van der Waals surface area contributed by atoms with Gasteiger partial charge in [0, 0.05) is 41.7 Å². The molecule has 252 valence electrons. The van der Waals surface area contributed by atoms with E-state index in [0.29, 0.717) is 58.3 Å². The van der Waals surface area contributed by atoms with Gasteiger partial charge in [0.2, 0.25) is 0 Å². The third-order valence-corrected chi connectivity index (χ3v) is 8.43. The molecule has 0 aliphatic rings. The van der Waals surface area contributed by atoms with Crippen LogP contribution in [0.15, 0.2) is 107 Å². The lowest BCUT2D eigenvalue weighted by Crippen LogP contribution is -2.44. The van der Waals surface area contributed by atoms with Gasteiger partial charge in [-0.05, 0) is 77.4 Å². The number of rotatable bonds is 11. The summed E-state index contributed by atoms with van der Waals surface area (Å²) in [5.41, 5.74) is -4.98. The quantitative estimate of drug-likeness (QED) is 0.0852. The highest BCUT2D eigenvalue weighted by Gasteiger charge is 2.60. The third kappa shape index (κ3) is 7.82. The van der Waals surface area contributed by atoms with E-state index in [1.807, 2.05) is 0 Å². The maximum absolute atomic E-state index is 15.4. The molecule has 0 amide bonds. The number of benzene rings is 4. The molecule has 0 N–H and O–H groups in total. The van der Waals surface area contributed by atoms with Crippen LogP contribution in [0.4, 0.5) is 52.7 Å². The van der Waals surface area contributed by atoms with Crippen molar-refractivity contribution in [2.75, 3.05) is 0 Å². The van der Waals surface area contributed by atoms with Gasteiger partial charge < -0.3 is 9.47 Å². The topological polar surface area (TPSA) is 18.5 Å². The van der Waals surface area contributed by atoms with E-state index in [-0.39, 0.29) is 0 Å². The van der Waals surface area contributed by atoms with Gasteiger partial charge in [0.25, 0.3) is 0 Å². The zero-order valence-electron chi connectivity index (χ0n) is 22.8. The molecule has 0 aliphatic carbocycles. The zero-order valence-corrected chi connectivity index (χ0v) is 26.7. The zero-order chi connectivity index (χ0) is 35.1. The minimum Gasteiger partial charge on any atom is -0.427 e. The van der Waals surface area contributed by atoms with Crippen LogP contribution in [0.3, 0.4) is 0 Å². The third-order valence-electron chi connectivity index (χ3n) is 6.49. The molecule has 0 saturated carbocycles. The molecule has 0 radical (unpaired) electrons. The number of alkyl halides is 13. The molecule has 0 spiro atoms. The monoisotopic (exact) mass is 826 g/mol. The predicted molar refractivity (Wildman–Crippen MR) is 155 cm³/mol. The highest BCUT2D eigenvalue weighted by molar-refractivity contribution is 9.10. The summed E-state index contributed by atoms with van der Waals surface area (Å²) in [7, 11) is 0. The van der Waals surface area contributed by atoms with Crippen LogP contribution in [0.5, 0.6) is 11.5 Å². The molecule has 4 aromatic rings. The largest absolute Gasteiger partial charge is 0.475 e. The Morgan fingerprint density at radius 3 is 1.04 bits per heavy atom. The lowest BCUT2D eigenvalue weighted by molar-refractivity contribution is -0.266. The van der Waals surface area contributed by atoms with Gasteiger partial charge in [-0.15, -0.1) is 0 Å². The van der Waals surface area contributed by atoms with E-state index in [1.165, 1.54) is 68.3 Å². The maximum atomic E-state index is 15.4. The van der Waals surface area contributed by atoms with Crippen molar-refractivity contribution in [1.82, 2.24) is 0 Å². The summed E-state index contributed by atoms with van der Waals surface area (Å²) in [5, 5.41) is 0. The molecule has 4 rings (SSSR count). The van der Waals surface area contributed by atoms with Crippen molar-refractivity contribution in [2.24, 2.45) is 0 Å². The molecule has 4 aromatic carbocycles. The van der Waals surface area contributed by atoms with Crippen LogP contribution in [0.1, 0.15) is 16.7 Å². The van der Waals surface area contributed by atoms with Crippen LogP contribution in [-0.2, 0) is 5.41 Å². The fraction of sp³-hybridized carbons (Fsp3) is 0.200. The van der Waals surface area contributed by atoms with E-state index in [9.17, 15) is 39.5 Å². The Labute approximate surface area is 279 Å². The molecule has 0 aromatic heterocycles. The normalized spacial score (nSPS) is 13.4. The number of hydrogen-bond acceptors (Lipinski definition) is 3. The average molecular weight is 828 g/mol. The molecule has 17 heteroatoms. The van der Waals surface area contributed by atoms with Crippen LogP contribution in [0, 0.1) is 5.82 Å². The second-order valence-corrected chi connectivity index (χ2v) is 12.7. The summed E-state index contributed by atoms with van der Waals surface area (Å²) in [6, 6.07) is 15.1. The molecule has 0 aliphatic heterocycles. The number of halogens is 14. The van der Waals surface area contributed by atoms with E-state index in [0.717, 1.165) is 23.9 Å². The SMILES string of the molecule is Fc1ccc(Sc2ccc(C(c3ccc(OC(F)(F)C(F)(F)Br)cc3)(c3ccc(OC(F)(F)C(F)(F)Br)cc3)C(F)(F)F)cc2)cc1. The first kappa shape index (κ1) is 36.8. The van der Waals surface area contributed by atoms with Gasteiger partial charge in [0.15, 0.2) is 0 Å². The molecule has 47 heavy (non-hydrogen) atoms. The van der Waals surface area contributed by atoms with Gasteiger partial charge in [-0.1, -0.05) is 48.2 Å². The van der Waals surface area contributed by atoms with Crippen molar-refractivity contribution in [3.63, 3.8) is 0 Å². The van der Waals surface area contributed by atoms with Gasteiger partial charge in [0.1, 0.15) is 22.7 Å². The summed E-state index contributed by atoms with van der Waals surface area (Å²) < 4.78 is 176. The Bertz CT molecular complexity index is 1580. The van der Waals surface area contributed by atoms with Crippen LogP contribution in [0.2, 0.25) is 0 Å². The first-order chi connectivity index (χ1) is 21.6. The smallest absolute Gasteiger partial charge is 0.427 e.